The summed E-state index contributed by atoms with van der Waals surface area (Å²) in [7, 11) is 0. The topological polar surface area (TPSA) is 32.7 Å². The molecule has 0 spiro atoms. The highest BCUT2D eigenvalue weighted by molar-refractivity contribution is 6.09. The third kappa shape index (κ3) is 3.13. The maximum absolute atomic E-state index is 12.9. The molecule has 0 aromatic heterocycles. The van der Waals surface area contributed by atoms with E-state index in [9.17, 15) is 4.79 Å². The molecule has 4 rings (SSSR count). The molecule has 1 aliphatic heterocycles. The van der Waals surface area contributed by atoms with Crippen molar-refractivity contribution in [2.24, 2.45) is 34.1 Å². The number of amides is 1. The molecule has 3 nitrogen and oxygen atoms in total. The Kier molecular flexibility index (Phi) is 4.90. The van der Waals surface area contributed by atoms with Crippen LogP contribution in [-0.4, -0.2) is 23.1 Å². The maximum Gasteiger partial charge on any atom is 0.227 e. The number of nitrogens with zero attached hydrogens (tertiary/aromatic N) is 2. The van der Waals surface area contributed by atoms with Crippen molar-refractivity contribution in [3.63, 3.8) is 0 Å². The molecule has 0 N–H and O–H groups in total. The molecule has 1 saturated heterocycles. The summed E-state index contributed by atoms with van der Waals surface area (Å²) in [5.41, 5.74) is 3.36. The largest absolute Gasteiger partial charge is 0.311 e. The standard InChI is InChI=1S/C24H34N2O/c1-5-9-21-23(25-17(4)20-14-16(20)3)24(18-10-7-8-11-18)15-19(24)12-13-22(27)26(21)6-2/h5,9,16,18-20H,1,4,6-8,10-15H2,2-3H3/t16-,19-,20?,24?/m0/s1. The normalized spacial score (nSPS) is 39.3. The van der Waals surface area contributed by atoms with Crippen LogP contribution in [0.4, 0.5) is 0 Å². The number of allylic oxidation sites excluding steroid dienone is 4. The van der Waals surface area contributed by atoms with Crippen LogP contribution >= 0.6 is 0 Å². The number of hydrogen-bond acceptors (Lipinski definition) is 2. The number of carbonyl (C=O) groups excluding carboxylic acids is 1. The first-order valence-electron chi connectivity index (χ1n) is 10.9. The van der Waals surface area contributed by atoms with E-state index in [1.807, 2.05) is 17.1 Å². The Morgan fingerprint density at radius 2 is 2.00 bits per heavy atom. The number of rotatable bonds is 5. The zero-order valence-corrected chi connectivity index (χ0v) is 17.0. The lowest BCUT2D eigenvalue weighted by molar-refractivity contribution is -0.129. The lowest BCUT2D eigenvalue weighted by Gasteiger charge is -2.35. The second-order valence-corrected chi connectivity index (χ2v) is 9.16. The third-order valence-corrected chi connectivity index (χ3v) is 7.60. The third-order valence-electron chi connectivity index (χ3n) is 7.60. The van der Waals surface area contributed by atoms with Gasteiger partial charge in [0.1, 0.15) is 0 Å². The molecule has 0 aromatic carbocycles. The van der Waals surface area contributed by atoms with Crippen molar-refractivity contribution < 1.29 is 4.79 Å². The van der Waals surface area contributed by atoms with E-state index in [0.29, 0.717) is 36.6 Å². The van der Waals surface area contributed by atoms with Crippen LogP contribution in [0.2, 0.25) is 0 Å². The van der Waals surface area contributed by atoms with Gasteiger partial charge in [-0.1, -0.05) is 39.0 Å². The minimum Gasteiger partial charge on any atom is -0.311 e. The van der Waals surface area contributed by atoms with Crippen molar-refractivity contribution in [2.45, 2.75) is 65.2 Å². The Labute approximate surface area is 164 Å². The molecule has 4 fully saturated rings. The van der Waals surface area contributed by atoms with E-state index < -0.39 is 0 Å². The first-order valence-corrected chi connectivity index (χ1v) is 10.9. The summed E-state index contributed by atoms with van der Waals surface area (Å²) in [6.45, 7) is 13.3. The van der Waals surface area contributed by atoms with E-state index >= 15 is 0 Å². The van der Waals surface area contributed by atoms with Gasteiger partial charge in [0.2, 0.25) is 5.91 Å². The van der Waals surface area contributed by atoms with Gasteiger partial charge in [0.05, 0.1) is 11.4 Å². The monoisotopic (exact) mass is 366 g/mol. The van der Waals surface area contributed by atoms with Crippen LogP contribution in [0, 0.1) is 29.1 Å². The van der Waals surface area contributed by atoms with Gasteiger partial charge < -0.3 is 4.90 Å². The number of fused-ring (bicyclic) bond motifs is 1. The molecule has 146 valence electrons. The average Bonchev–Trinajstić information content (AvgIpc) is 3.49. The zero-order valence-electron chi connectivity index (χ0n) is 17.0. The molecule has 1 heterocycles. The number of carbonyl (C=O) groups is 1. The predicted octanol–water partition coefficient (Wildman–Crippen LogP) is 5.51. The van der Waals surface area contributed by atoms with Crippen molar-refractivity contribution in [3.05, 3.63) is 36.7 Å². The summed E-state index contributed by atoms with van der Waals surface area (Å²) in [4.78, 5) is 20.1. The van der Waals surface area contributed by atoms with E-state index in [-0.39, 0.29) is 11.3 Å². The molecule has 0 aromatic rings. The molecule has 3 aliphatic carbocycles. The van der Waals surface area contributed by atoms with Crippen LogP contribution in [0.15, 0.2) is 41.7 Å². The highest BCUT2D eigenvalue weighted by atomic mass is 16.2. The van der Waals surface area contributed by atoms with Crippen LogP contribution < -0.4 is 0 Å². The van der Waals surface area contributed by atoms with E-state index in [4.69, 9.17) is 4.99 Å². The van der Waals surface area contributed by atoms with Gasteiger partial charge in [-0.2, -0.15) is 0 Å². The van der Waals surface area contributed by atoms with Gasteiger partial charge in [-0.25, -0.2) is 0 Å². The lowest BCUT2D eigenvalue weighted by atomic mass is 9.78. The quantitative estimate of drug-likeness (QED) is 0.632. The molecule has 3 saturated carbocycles. The Hall–Kier alpha value is -1.64. The van der Waals surface area contributed by atoms with Gasteiger partial charge in [-0.15, -0.1) is 0 Å². The predicted molar refractivity (Wildman–Crippen MR) is 111 cm³/mol. The Balaban J connectivity index is 1.81. The molecule has 4 aliphatic rings. The van der Waals surface area contributed by atoms with E-state index in [1.54, 1.807) is 0 Å². The fourth-order valence-electron chi connectivity index (χ4n) is 5.87. The maximum atomic E-state index is 12.9. The second kappa shape index (κ2) is 7.07. The molecule has 0 bridgehead atoms. The summed E-state index contributed by atoms with van der Waals surface area (Å²) >= 11 is 0. The molecule has 3 heteroatoms. The summed E-state index contributed by atoms with van der Waals surface area (Å²) < 4.78 is 0. The van der Waals surface area contributed by atoms with Gasteiger partial charge in [0.25, 0.3) is 0 Å². The fraction of sp³-hybridized carbons (Fsp3) is 0.667. The number of hydrogen-bond donors (Lipinski definition) is 0. The van der Waals surface area contributed by atoms with Gasteiger partial charge in [-0.3, -0.25) is 9.79 Å². The molecular formula is C24H34N2O. The first-order chi connectivity index (χ1) is 13.0. The highest BCUT2D eigenvalue weighted by Gasteiger charge is 2.63. The first kappa shape index (κ1) is 18.7. The van der Waals surface area contributed by atoms with Crippen molar-refractivity contribution in [2.75, 3.05) is 6.54 Å². The summed E-state index contributed by atoms with van der Waals surface area (Å²) in [5.74, 6) is 2.78. The highest BCUT2D eigenvalue weighted by Crippen LogP contribution is 2.66. The molecule has 27 heavy (non-hydrogen) atoms. The Bertz CT molecular complexity index is 712. The molecule has 0 radical (unpaired) electrons. The van der Waals surface area contributed by atoms with Gasteiger partial charge >= 0.3 is 0 Å². The smallest absolute Gasteiger partial charge is 0.227 e. The summed E-state index contributed by atoms with van der Waals surface area (Å²) in [6, 6.07) is 0. The van der Waals surface area contributed by atoms with Gasteiger partial charge in [0, 0.05) is 30.0 Å². The average molecular weight is 367 g/mol. The minimum absolute atomic E-state index is 0.167. The lowest BCUT2D eigenvalue weighted by Crippen LogP contribution is -2.41. The van der Waals surface area contributed by atoms with Crippen LogP contribution in [-0.2, 0) is 4.79 Å². The van der Waals surface area contributed by atoms with Crippen LogP contribution in [0.25, 0.3) is 0 Å². The van der Waals surface area contributed by atoms with Crippen molar-refractivity contribution in [3.8, 4) is 0 Å². The van der Waals surface area contributed by atoms with E-state index in [1.165, 1.54) is 44.2 Å². The Morgan fingerprint density at radius 3 is 2.59 bits per heavy atom. The molecular weight excluding hydrogens is 332 g/mol. The van der Waals surface area contributed by atoms with Gasteiger partial charge in [-0.05, 0) is 62.9 Å². The fourth-order valence-corrected chi connectivity index (χ4v) is 5.87. The second-order valence-electron chi connectivity index (χ2n) is 9.16. The zero-order chi connectivity index (χ0) is 19.2. The summed E-state index contributed by atoms with van der Waals surface area (Å²) in [5, 5.41) is 0. The van der Waals surface area contributed by atoms with Crippen LogP contribution in [0.5, 0.6) is 0 Å². The molecule has 1 amide bonds. The van der Waals surface area contributed by atoms with Gasteiger partial charge in [0.15, 0.2) is 0 Å². The van der Waals surface area contributed by atoms with Crippen molar-refractivity contribution in [1.29, 1.82) is 0 Å². The summed E-state index contributed by atoms with van der Waals surface area (Å²) in [6.07, 6.45) is 13.2. The number of aliphatic imine (C=N–C) groups is 1. The van der Waals surface area contributed by atoms with E-state index in [2.05, 4.69) is 27.0 Å². The minimum atomic E-state index is 0.167. The molecule has 4 atom stereocenters. The molecule has 2 unspecified atom stereocenters. The SMILES string of the molecule is C=CC=C1C(=NC(=C)C2C[C@@H]2C)C2(C3CCCC3)C[C@@H]2CCC(=O)N1CC. The van der Waals surface area contributed by atoms with Crippen LogP contribution in [0.3, 0.4) is 0 Å². The number of likely N-dealkylation sites (tertiary alicyclic amines) is 1. The Morgan fingerprint density at radius 1 is 1.30 bits per heavy atom. The van der Waals surface area contributed by atoms with E-state index in [0.717, 1.165) is 17.8 Å². The van der Waals surface area contributed by atoms with Crippen molar-refractivity contribution >= 4 is 11.6 Å². The van der Waals surface area contributed by atoms with Crippen LogP contribution in [0.1, 0.15) is 65.2 Å². The van der Waals surface area contributed by atoms with Crippen molar-refractivity contribution in [1.82, 2.24) is 4.90 Å².